The van der Waals surface area contributed by atoms with Crippen LogP contribution in [0.2, 0.25) is 0 Å². The molecular formula is C11H12O. The van der Waals surface area contributed by atoms with Crippen molar-refractivity contribution in [1.29, 1.82) is 0 Å². The maximum Gasteiger partial charge on any atom is 0.106 e. The maximum absolute atomic E-state index is 5.25. The van der Waals surface area contributed by atoms with Crippen molar-refractivity contribution >= 4 is 12.3 Å². The van der Waals surface area contributed by atoms with Crippen LogP contribution < -0.4 is 10.4 Å². The smallest absolute Gasteiger partial charge is 0.106 e. The van der Waals surface area contributed by atoms with E-state index >= 15 is 0 Å². The molecule has 0 amide bonds. The first-order valence-corrected chi connectivity index (χ1v) is 4.17. The van der Waals surface area contributed by atoms with E-state index in [9.17, 15) is 0 Å². The molecule has 0 saturated heterocycles. The van der Waals surface area contributed by atoms with Crippen LogP contribution in [0.15, 0.2) is 12.1 Å². The molecule has 1 aromatic rings. The van der Waals surface area contributed by atoms with Crippen LogP contribution >= 0.6 is 0 Å². The zero-order chi connectivity index (χ0) is 8.55. The van der Waals surface area contributed by atoms with Crippen molar-refractivity contribution in [3.05, 3.63) is 33.7 Å². The molecule has 0 aliphatic carbocycles. The standard InChI is InChI=1S/C11H12O/c1-8-3-4-9(2)11-7-12-6-5-10(8)11/h3-5,7H,6H2,1-2H3. The average molecular weight is 160 g/mol. The van der Waals surface area contributed by atoms with Crippen LogP contribution in [0.25, 0.3) is 12.3 Å². The number of aryl methyl sites for hydroxylation is 2. The highest BCUT2D eigenvalue weighted by atomic mass is 16.5. The summed E-state index contributed by atoms with van der Waals surface area (Å²) in [5.74, 6) is 0. The second kappa shape index (κ2) is 2.67. The third-order valence-corrected chi connectivity index (χ3v) is 2.31. The largest absolute Gasteiger partial charge is 0.496 e. The number of fused-ring (bicyclic) bond motifs is 1. The van der Waals surface area contributed by atoms with Crippen molar-refractivity contribution < 1.29 is 4.74 Å². The van der Waals surface area contributed by atoms with E-state index in [2.05, 4.69) is 32.1 Å². The fraction of sp³-hybridized carbons (Fsp3) is 0.273. The number of hydrogen-bond acceptors (Lipinski definition) is 1. The average Bonchev–Trinajstić information content (AvgIpc) is 2.12. The van der Waals surface area contributed by atoms with E-state index in [0.717, 1.165) is 0 Å². The van der Waals surface area contributed by atoms with E-state index in [-0.39, 0.29) is 0 Å². The highest BCUT2D eigenvalue weighted by Gasteiger charge is 1.98. The Hall–Kier alpha value is -1.24. The quantitative estimate of drug-likeness (QED) is 0.547. The van der Waals surface area contributed by atoms with Gasteiger partial charge in [0, 0.05) is 5.22 Å². The van der Waals surface area contributed by atoms with Gasteiger partial charge in [-0.15, -0.1) is 0 Å². The fourth-order valence-electron chi connectivity index (χ4n) is 1.54. The molecule has 0 atom stereocenters. The second-order valence-corrected chi connectivity index (χ2v) is 3.18. The minimum Gasteiger partial charge on any atom is -0.496 e. The van der Waals surface area contributed by atoms with Crippen molar-refractivity contribution in [2.75, 3.05) is 6.61 Å². The summed E-state index contributed by atoms with van der Waals surface area (Å²) >= 11 is 0. The number of benzene rings is 1. The highest BCUT2D eigenvalue weighted by molar-refractivity contribution is 5.40. The third-order valence-electron chi connectivity index (χ3n) is 2.31. The summed E-state index contributed by atoms with van der Waals surface area (Å²) < 4.78 is 5.25. The summed E-state index contributed by atoms with van der Waals surface area (Å²) in [5, 5.41) is 2.57. The van der Waals surface area contributed by atoms with Gasteiger partial charge in [0.2, 0.25) is 0 Å². The molecule has 2 rings (SSSR count). The minimum absolute atomic E-state index is 0.706. The molecular weight excluding hydrogens is 148 g/mol. The van der Waals surface area contributed by atoms with Crippen molar-refractivity contribution in [2.45, 2.75) is 13.8 Å². The van der Waals surface area contributed by atoms with Crippen molar-refractivity contribution in [1.82, 2.24) is 0 Å². The van der Waals surface area contributed by atoms with Gasteiger partial charge in [-0.3, -0.25) is 0 Å². The summed E-state index contributed by atoms with van der Waals surface area (Å²) in [6.07, 6.45) is 4.00. The summed E-state index contributed by atoms with van der Waals surface area (Å²) in [4.78, 5) is 0. The normalized spacial score (nSPS) is 13.8. The van der Waals surface area contributed by atoms with Crippen LogP contribution in [0.1, 0.15) is 11.1 Å². The van der Waals surface area contributed by atoms with Gasteiger partial charge in [0.05, 0.1) is 6.26 Å². The van der Waals surface area contributed by atoms with E-state index in [1.807, 2.05) is 6.26 Å². The molecule has 1 heterocycles. The Labute approximate surface area is 72.0 Å². The third kappa shape index (κ3) is 1.02. The van der Waals surface area contributed by atoms with Gasteiger partial charge < -0.3 is 4.74 Å². The van der Waals surface area contributed by atoms with E-state index in [4.69, 9.17) is 4.74 Å². The first-order chi connectivity index (χ1) is 5.79. The molecule has 0 N–H and O–H groups in total. The van der Waals surface area contributed by atoms with Crippen molar-refractivity contribution in [3.8, 4) is 0 Å². The number of hydrogen-bond donors (Lipinski definition) is 0. The lowest BCUT2D eigenvalue weighted by Crippen LogP contribution is -2.32. The molecule has 0 bridgehead atoms. The second-order valence-electron chi connectivity index (χ2n) is 3.18. The van der Waals surface area contributed by atoms with Crippen LogP contribution in [0.5, 0.6) is 0 Å². The fourth-order valence-corrected chi connectivity index (χ4v) is 1.54. The van der Waals surface area contributed by atoms with E-state index in [1.165, 1.54) is 21.6 Å². The molecule has 0 fully saturated rings. The van der Waals surface area contributed by atoms with Gasteiger partial charge in [0.25, 0.3) is 0 Å². The Morgan fingerprint density at radius 2 is 1.75 bits per heavy atom. The lowest BCUT2D eigenvalue weighted by molar-refractivity contribution is 0.346. The zero-order valence-electron chi connectivity index (χ0n) is 7.42. The summed E-state index contributed by atoms with van der Waals surface area (Å²) in [6, 6.07) is 4.29. The molecule has 1 nitrogen and oxygen atoms in total. The van der Waals surface area contributed by atoms with Crippen LogP contribution in [0, 0.1) is 13.8 Å². The predicted octanol–water partition coefficient (Wildman–Crippen LogP) is 0.852. The Balaban J connectivity index is 2.92. The monoisotopic (exact) mass is 160 g/mol. The SMILES string of the molecule is Cc1ccc(C)c2c1=CCOC=2. The van der Waals surface area contributed by atoms with E-state index in [1.54, 1.807) is 0 Å². The molecule has 0 saturated carbocycles. The highest BCUT2D eigenvalue weighted by Crippen LogP contribution is 1.93. The lowest BCUT2D eigenvalue weighted by Gasteiger charge is -2.06. The Morgan fingerprint density at radius 1 is 1.08 bits per heavy atom. The summed E-state index contributed by atoms with van der Waals surface area (Å²) in [6.45, 7) is 4.95. The van der Waals surface area contributed by atoms with Crippen molar-refractivity contribution in [3.63, 3.8) is 0 Å². The number of ether oxygens (including phenoxy) is 1. The van der Waals surface area contributed by atoms with Crippen LogP contribution in [-0.4, -0.2) is 6.61 Å². The molecule has 0 radical (unpaired) electrons. The molecule has 1 aliphatic rings. The Morgan fingerprint density at radius 3 is 2.42 bits per heavy atom. The van der Waals surface area contributed by atoms with E-state index < -0.39 is 0 Å². The van der Waals surface area contributed by atoms with Gasteiger partial charge >= 0.3 is 0 Å². The summed E-state index contributed by atoms with van der Waals surface area (Å²) in [7, 11) is 0. The van der Waals surface area contributed by atoms with E-state index in [0.29, 0.717) is 6.61 Å². The Bertz CT molecular complexity index is 374. The molecule has 1 heteroatoms. The first kappa shape index (κ1) is 7.41. The van der Waals surface area contributed by atoms with Gasteiger partial charge in [0.1, 0.15) is 6.61 Å². The molecule has 0 aromatic heterocycles. The molecule has 1 aliphatic heterocycles. The van der Waals surface area contributed by atoms with Gasteiger partial charge in [-0.05, 0) is 36.3 Å². The van der Waals surface area contributed by atoms with Gasteiger partial charge in [0.15, 0.2) is 0 Å². The van der Waals surface area contributed by atoms with Gasteiger partial charge in [-0.25, -0.2) is 0 Å². The molecule has 0 spiro atoms. The molecule has 0 unspecified atom stereocenters. The topological polar surface area (TPSA) is 9.23 Å². The van der Waals surface area contributed by atoms with Crippen LogP contribution in [-0.2, 0) is 4.74 Å². The van der Waals surface area contributed by atoms with Crippen LogP contribution in [0.3, 0.4) is 0 Å². The lowest BCUT2D eigenvalue weighted by atomic mass is 10.1. The maximum atomic E-state index is 5.25. The van der Waals surface area contributed by atoms with Gasteiger partial charge in [-0.1, -0.05) is 12.1 Å². The molecule has 1 aromatic carbocycles. The molecule has 12 heavy (non-hydrogen) atoms. The van der Waals surface area contributed by atoms with Crippen molar-refractivity contribution in [2.24, 2.45) is 0 Å². The van der Waals surface area contributed by atoms with Crippen LogP contribution in [0.4, 0.5) is 0 Å². The molecule has 62 valence electrons. The predicted molar refractivity (Wildman–Crippen MR) is 50.0 cm³/mol. The first-order valence-electron chi connectivity index (χ1n) is 4.17. The zero-order valence-corrected chi connectivity index (χ0v) is 7.42. The summed E-state index contributed by atoms with van der Waals surface area (Å²) in [5.41, 5.74) is 2.61. The van der Waals surface area contributed by atoms with Gasteiger partial charge in [-0.2, -0.15) is 0 Å². The Kier molecular flexibility index (Phi) is 1.65. The number of rotatable bonds is 0. The minimum atomic E-state index is 0.706.